The Kier molecular flexibility index (Phi) is 6.22. The van der Waals surface area contributed by atoms with E-state index in [-0.39, 0.29) is 30.9 Å². The van der Waals surface area contributed by atoms with Crippen LogP contribution in [0.2, 0.25) is 0 Å². The molecule has 0 saturated carbocycles. The second kappa shape index (κ2) is 8.24. The summed E-state index contributed by atoms with van der Waals surface area (Å²) >= 11 is 0. The van der Waals surface area contributed by atoms with Gasteiger partial charge in [0.25, 0.3) is 5.91 Å². The number of alkyl halides is 3. The molecule has 0 aliphatic heterocycles. The molecule has 0 fully saturated rings. The predicted octanol–water partition coefficient (Wildman–Crippen LogP) is 2.50. The fraction of sp³-hybridized carbons (Fsp3) is 0.333. The number of hydrogen-bond donors (Lipinski definition) is 1. The first-order chi connectivity index (χ1) is 13.1. The van der Waals surface area contributed by atoms with E-state index in [9.17, 15) is 27.6 Å². The average molecular weight is 397 g/mol. The van der Waals surface area contributed by atoms with Gasteiger partial charge in [0.15, 0.2) is 5.69 Å². The lowest BCUT2D eigenvalue weighted by atomic mass is 10.1. The molecule has 0 aliphatic carbocycles. The highest BCUT2D eigenvalue weighted by Gasteiger charge is 2.34. The Labute approximate surface area is 158 Å². The van der Waals surface area contributed by atoms with Crippen LogP contribution in [-0.2, 0) is 11.0 Å². The zero-order chi connectivity index (χ0) is 21.1. The Balaban J connectivity index is 2.56. The number of aliphatic carboxylic acids is 1. The number of rotatable bonds is 6. The van der Waals surface area contributed by atoms with E-state index in [2.05, 4.69) is 5.10 Å². The lowest BCUT2D eigenvalue weighted by molar-refractivity contribution is -0.138. The quantitative estimate of drug-likeness (QED) is 0.809. The van der Waals surface area contributed by atoms with Crippen molar-refractivity contribution in [1.82, 2.24) is 14.7 Å². The Bertz CT molecular complexity index is 954. The predicted molar refractivity (Wildman–Crippen MR) is 93.4 cm³/mol. The summed E-state index contributed by atoms with van der Waals surface area (Å²) in [5.74, 6) is -1.97. The molecule has 0 spiro atoms. The zero-order valence-corrected chi connectivity index (χ0v) is 15.2. The topological polar surface area (TPSA) is 92.5 Å². The number of para-hydroxylation sites is 1. The number of carboxylic acid groups (broad SMARTS) is 1. The van der Waals surface area contributed by atoms with Crippen LogP contribution in [0.1, 0.15) is 35.1 Å². The molecule has 0 saturated heterocycles. The summed E-state index contributed by atoms with van der Waals surface area (Å²) in [6, 6.07) is 5.70. The summed E-state index contributed by atoms with van der Waals surface area (Å²) in [5.41, 5.74) is -2.50. The SMILES string of the molecule is CCN(CCC(=O)O)C(=O)c1nn(-c2ccccc2C(F)(F)F)c(C)cc1=O. The van der Waals surface area contributed by atoms with Crippen LogP contribution >= 0.6 is 0 Å². The van der Waals surface area contributed by atoms with Gasteiger partial charge in [-0.05, 0) is 26.0 Å². The van der Waals surface area contributed by atoms with Crippen molar-refractivity contribution in [2.24, 2.45) is 0 Å². The van der Waals surface area contributed by atoms with Gasteiger partial charge in [0.2, 0.25) is 5.43 Å². The highest BCUT2D eigenvalue weighted by atomic mass is 19.4. The summed E-state index contributed by atoms with van der Waals surface area (Å²) in [4.78, 5) is 36.7. The van der Waals surface area contributed by atoms with E-state index < -0.39 is 34.7 Å². The molecule has 150 valence electrons. The number of hydrogen-bond acceptors (Lipinski definition) is 4. The molecule has 10 heteroatoms. The van der Waals surface area contributed by atoms with E-state index in [1.54, 1.807) is 6.92 Å². The summed E-state index contributed by atoms with van der Waals surface area (Å²) < 4.78 is 40.9. The number of aryl methyl sites for hydroxylation is 1. The lowest BCUT2D eigenvalue weighted by Crippen LogP contribution is -2.37. The maximum Gasteiger partial charge on any atom is 0.418 e. The number of carboxylic acids is 1. The smallest absolute Gasteiger partial charge is 0.418 e. The van der Waals surface area contributed by atoms with E-state index >= 15 is 0 Å². The minimum absolute atomic E-state index is 0.111. The number of amides is 1. The Morgan fingerprint density at radius 2 is 1.89 bits per heavy atom. The van der Waals surface area contributed by atoms with Crippen molar-refractivity contribution in [3.63, 3.8) is 0 Å². The zero-order valence-electron chi connectivity index (χ0n) is 15.2. The first kappa shape index (κ1) is 21.1. The maximum atomic E-state index is 13.3. The molecular formula is C18H18F3N3O4. The number of carbonyl (C=O) groups excluding carboxylic acids is 1. The molecular weight excluding hydrogens is 379 g/mol. The van der Waals surface area contributed by atoms with Gasteiger partial charge in [-0.2, -0.15) is 18.3 Å². The van der Waals surface area contributed by atoms with Gasteiger partial charge in [-0.1, -0.05) is 12.1 Å². The van der Waals surface area contributed by atoms with Crippen molar-refractivity contribution in [3.05, 3.63) is 57.5 Å². The van der Waals surface area contributed by atoms with Crippen LogP contribution < -0.4 is 5.43 Å². The largest absolute Gasteiger partial charge is 0.481 e. The number of carbonyl (C=O) groups is 2. The van der Waals surface area contributed by atoms with Gasteiger partial charge in [0.05, 0.1) is 17.7 Å². The molecule has 7 nitrogen and oxygen atoms in total. The van der Waals surface area contributed by atoms with E-state index in [0.717, 1.165) is 21.7 Å². The molecule has 0 atom stereocenters. The fourth-order valence-corrected chi connectivity index (χ4v) is 2.62. The molecule has 0 bridgehead atoms. The third-order valence-electron chi connectivity index (χ3n) is 4.01. The summed E-state index contributed by atoms with van der Waals surface area (Å²) in [5, 5.41) is 12.7. The van der Waals surface area contributed by atoms with Gasteiger partial charge < -0.3 is 10.0 Å². The second-order valence-electron chi connectivity index (χ2n) is 5.95. The Morgan fingerprint density at radius 3 is 2.46 bits per heavy atom. The molecule has 2 rings (SSSR count). The normalized spacial score (nSPS) is 11.3. The summed E-state index contributed by atoms with van der Waals surface area (Å²) in [6.45, 7) is 2.95. The highest BCUT2D eigenvalue weighted by Crippen LogP contribution is 2.33. The first-order valence-electron chi connectivity index (χ1n) is 8.35. The van der Waals surface area contributed by atoms with Gasteiger partial charge in [-0.25, -0.2) is 4.68 Å². The van der Waals surface area contributed by atoms with Crippen LogP contribution in [0.3, 0.4) is 0 Å². The third-order valence-corrected chi connectivity index (χ3v) is 4.01. The van der Waals surface area contributed by atoms with E-state index in [1.807, 2.05) is 0 Å². The number of nitrogens with zero attached hydrogens (tertiary/aromatic N) is 3. The third kappa shape index (κ3) is 4.56. The van der Waals surface area contributed by atoms with Crippen molar-refractivity contribution in [3.8, 4) is 5.69 Å². The first-order valence-corrected chi connectivity index (χ1v) is 8.35. The Morgan fingerprint density at radius 1 is 1.25 bits per heavy atom. The molecule has 2 aromatic rings. The van der Waals surface area contributed by atoms with Crippen LogP contribution in [0.5, 0.6) is 0 Å². The van der Waals surface area contributed by atoms with E-state index in [1.165, 1.54) is 25.1 Å². The molecule has 1 heterocycles. The molecule has 1 aromatic heterocycles. The molecule has 1 amide bonds. The number of aromatic nitrogens is 2. The van der Waals surface area contributed by atoms with E-state index in [4.69, 9.17) is 5.11 Å². The number of benzene rings is 1. The second-order valence-corrected chi connectivity index (χ2v) is 5.95. The minimum Gasteiger partial charge on any atom is -0.481 e. The van der Waals surface area contributed by atoms with E-state index in [0.29, 0.717) is 0 Å². The fourth-order valence-electron chi connectivity index (χ4n) is 2.62. The molecule has 0 aliphatic rings. The van der Waals surface area contributed by atoms with Gasteiger partial charge in [0.1, 0.15) is 0 Å². The summed E-state index contributed by atoms with van der Waals surface area (Å²) in [6.07, 6.45) is -4.99. The van der Waals surface area contributed by atoms with Gasteiger partial charge in [-0.3, -0.25) is 14.4 Å². The number of halogens is 3. The molecule has 28 heavy (non-hydrogen) atoms. The monoisotopic (exact) mass is 397 g/mol. The van der Waals surface area contributed by atoms with Crippen molar-refractivity contribution < 1.29 is 27.9 Å². The van der Waals surface area contributed by atoms with Crippen LogP contribution in [-0.4, -0.2) is 44.8 Å². The lowest BCUT2D eigenvalue weighted by Gasteiger charge is -2.21. The molecule has 1 aromatic carbocycles. The van der Waals surface area contributed by atoms with Gasteiger partial charge in [-0.15, -0.1) is 0 Å². The maximum absolute atomic E-state index is 13.3. The van der Waals surface area contributed by atoms with Crippen LogP contribution in [0.25, 0.3) is 5.69 Å². The summed E-state index contributed by atoms with van der Waals surface area (Å²) in [7, 11) is 0. The van der Waals surface area contributed by atoms with Crippen molar-refractivity contribution in [2.45, 2.75) is 26.4 Å². The molecule has 0 radical (unpaired) electrons. The molecule has 0 unspecified atom stereocenters. The van der Waals surface area contributed by atoms with Crippen LogP contribution in [0.15, 0.2) is 35.1 Å². The molecule has 1 N–H and O–H groups in total. The van der Waals surface area contributed by atoms with Crippen LogP contribution in [0.4, 0.5) is 13.2 Å². The van der Waals surface area contributed by atoms with Gasteiger partial charge >= 0.3 is 12.1 Å². The Hall–Kier alpha value is -3.17. The average Bonchev–Trinajstić information content (AvgIpc) is 2.61. The van der Waals surface area contributed by atoms with Crippen molar-refractivity contribution in [1.29, 1.82) is 0 Å². The minimum atomic E-state index is -4.66. The standard InChI is InChI=1S/C18H18F3N3O4/c1-3-23(9-8-15(26)27)17(28)16-14(25)10-11(2)24(22-16)13-7-5-4-6-12(13)18(19,20)21/h4-7,10H,3,8-9H2,1-2H3,(H,26,27). The van der Waals surface area contributed by atoms with Gasteiger partial charge in [0, 0.05) is 24.8 Å². The van der Waals surface area contributed by atoms with Crippen molar-refractivity contribution in [2.75, 3.05) is 13.1 Å². The van der Waals surface area contributed by atoms with Crippen LogP contribution in [0, 0.1) is 6.92 Å². The highest BCUT2D eigenvalue weighted by molar-refractivity contribution is 5.92. The van der Waals surface area contributed by atoms with Crippen molar-refractivity contribution >= 4 is 11.9 Å².